The van der Waals surface area contributed by atoms with Gasteiger partial charge >= 0.3 is 11.9 Å². The van der Waals surface area contributed by atoms with Crippen LogP contribution in [0.1, 0.15) is 83.1 Å². The van der Waals surface area contributed by atoms with Crippen molar-refractivity contribution in [3.05, 3.63) is 42.0 Å². The highest BCUT2D eigenvalue weighted by molar-refractivity contribution is 8.77. The smallest absolute Gasteiger partial charge is 0.313 e. The first-order valence-corrected chi connectivity index (χ1v) is 15.1. The van der Waals surface area contributed by atoms with Crippen molar-refractivity contribution in [3.8, 4) is 5.75 Å². The Hall–Kier alpha value is -1.99. The molecular weight excluding hydrogens is 480 g/mol. The molecule has 35 heavy (non-hydrogen) atoms. The lowest BCUT2D eigenvalue weighted by Gasteiger charge is -2.13. The molecule has 0 spiro atoms. The number of benzene rings is 2. The van der Waals surface area contributed by atoms with Gasteiger partial charge in [0, 0.05) is 30.3 Å². The van der Waals surface area contributed by atoms with Gasteiger partial charge < -0.3 is 9.47 Å². The number of Topliss-reactive ketones (excluding diaryl/α,β-unsaturated/α-hetero) is 1. The Kier molecular flexibility index (Phi) is 11.5. The highest BCUT2D eigenvalue weighted by Gasteiger charge is 2.18. The summed E-state index contributed by atoms with van der Waals surface area (Å²) in [5.41, 5.74) is 0.851. The molecule has 0 aromatic heterocycles. The topological polar surface area (TPSA) is 69.7 Å². The van der Waals surface area contributed by atoms with Crippen LogP contribution in [-0.2, 0) is 19.1 Å². The highest BCUT2D eigenvalue weighted by atomic mass is 33.1. The van der Waals surface area contributed by atoms with Gasteiger partial charge in [-0.05, 0) is 61.1 Å². The summed E-state index contributed by atoms with van der Waals surface area (Å²) in [5, 5.41) is 2.65. The SMILES string of the molecule is CCCCC(=O)Oc1ccc2cc([C@H](C)C(=O)OCCC(=O)CCCCC3CCSS3)ccc2c1. The average Bonchev–Trinajstić information content (AvgIpc) is 3.38. The van der Waals surface area contributed by atoms with E-state index in [9.17, 15) is 14.4 Å². The van der Waals surface area contributed by atoms with Crippen molar-refractivity contribution < 1.29 is 23.9 Å². The molecule has 0 saturated carbocycles. The van der Waals surface area contributed by atoms with Gasteiger partial charge in [-0.1, -0.05) is 65.6 Å². The third-order valence-corrected chi connectivity index (χ3v) is 9.25. The zero-order chi connectivity index (χ0) is 25.0. The van der Waals surface area contributed by atoms with E-state index in [4.69, 9.17) is 9.47 Å². The Morgan fingerprint density at radius 2 is 1.80 bits per heavy atom. The van der Waals surface area contributed by atoms with Crippen LogP contribution >= 0.6 is 21.6 Å². The normalized spacial score (nSPS) is 16.2. The molecule has 2 atom stereocenters. The number of fused-ring (bicyclic) bond motifs is 1. The number of ketones is 1. The largest absolute Gasteiger partial charge is 0.465 e. The number of carbonyl (C=O) groups excluding carboxylic acids is 3. The monoisotopic (exact) mass is 516 g/mol. The Morgan fingerprint density at radius 1 is 1.00 bits per heavy atom. The average molecular weight is 517 g/mol. The van der Waals surface area contributed by atoms with Gasteiger partial charge in [0.15, 0.2) is 0 Å². The van der Waals surface area contributed by atoms with Crippen LogP contribution in [0.5, 0.6) is 5.75 Å². The third-order valence-electron chi connectivity index (χ3n) is 6.24. The zero-order valence-corrected chi connectivity index (χ0v) is 22.4. The second-order valence-corrected chi connectivity index (χ2v) is 11.9. The first kappa shape index (κ1) is 27.6. The van der Waals surface area contributed by atoms with E-state index in [-0.39, 0.29) is 30.7 Å². The van der Waals surface area contributed by atoms with E-state index in [1.54, 1.807) is 6.07 Å². The van der Waals surface area contributed by atoms with Gasteiger partial charge in [0.25, 0.3) is 0 Å². The zero-order valence-electron chi connectivity index (χ0n) is 20.8. The number of unbranched alkanes of at least 4 members (excludes halogenated alkanes) is 2. The molecule has 0 radical (unpaired) electrons. The quantitative estimate of drug-likeness (QED) is 0.113. The summed E-state index contributed by atoms with van der Waals surface area (Å²) in [6.45, 7) is 3.99. The summed E-state index contributed by atoms with van der Waals surface area (Å²) in [7, 11) is 3.93. The molecule has 2 aromatic carbocycles. The van der Waals surface area contributed by atoms with Crippen LogP contribution in [0.3, 0.4) is 0 Å². The fraction of sp³-hybridized carbons (Fsp3) is 0.536. The summed E-state index contributed by atoms with van der Waals surface area (Å²) in [6, 6.07) is 11.3. The maximum atomic E-state index is 12.5. The minimum atomic E-state index is -0.428. The van der Waals surface area contributed by atoms with Crippen LogP contribution < -0.4 is 4.74 Å². The summed E-state index contributed by atoms with van der Waals surface area (Å²) in [6.07, 6.45) is 7.51. The molecule has 0 aliphatic carbocycles. The van der Waals surface area contributed by atoms with E-state index < -0.39 is 5.92 Å². The summed E-state index contributed by atoms with van der Waals surface area (Å²) >= 11 is 0. The summed E-state index contributed by atoms with van der Waals surface area (Å²) < 4.78 is 10.8. The molecule has 3 rings (SSSR count). The third kappa shape index (κ3) is 9.19. The number of carbonyl (C=O) groups is 3. The van der Waals surface area contributed by atoms with Crippen LogP contribution in [0.2, 0.25) is 0 Å². The molecule has 2 aromatic rings. The molecular formula is C28H36O5S2. The van der Waals surface area contributed by atoms with Crippen LogP contribution in [0.4, 0.5) is 0 Å². The molecule has 1 saturated heterocycles. The van der Waals surface area contributed by atoms with Crippen LogP contribution in [0.15, 0.2) is 36.4 Å². The second-order valence-electron chi connectivity index (χ2n) is 9.10. The molecule has 0 bridgehead atoms. The predicted octanol–water partition coefficient (Wildman–Crippen LogP) is 7.26. The van der Waals surface area contributed by atoms with Gasteiger partial charge in [0.05, 0.1) is 12.5 Å². The minimum Gasteiger partial charge on any atom is -0.465 e. The van der Waals surface area contributed by atoms with E-state index in [1.807, 2.05) is 65.8 Å². The van der Waals surface area contributed by atoms with Crippen molar-refractivity contribution in [2.45, 2.75) is 82.8 Å². The van der Waals surface area contributed by atoms with Gasteiger partial charge in [0.2, 0.25) is 0 Å². The van der Waals surface area contributed by atoms with E-state index in [0.717, 1.165) is 47.3 Å². The maximum Gasteiger partial charge on any atom is 0.313 e. The number of ether oxygens (including phenoxy) is 2. The number of hydrogen-bond acceptors (Lipinski definition) is 7. The molecule has 1 fully saturated rings. The summed E-state index contributed by atoms with van der Waals surface area (Å²) in [5.74, 6) is 0.960. The lowest BCUT2D eigenvalue weighted by molar-refractivity contribution is -0.145. The molecule has 1 heterocycles. The van der Waals surface area contributed by atoms with Crippen molar-refractivity contribution in [1.82, 2.24) is 0 Å². The lowest BCUT2D eigenvalue weighted by Crippen LogP contribution is -2.15. The molecule has 7 heteroatoms. The number of esters is 2. The number of hydrogen-bond donors (Lipinski definition) is 0. The Morgan fingerprint density at radius 3 is 2.57 bits per heavy atom. The van der Waals surface area contributed by atoms with Crippen LogP contribution in [0, 0.1) is 0 Å². The minimum absolute atomic E-state index is 0.136. The molecule has 1 unspecified atom stereocenters. The maximum absolute atomic E-state index is 12.5. The van der Waals surface area contributed by atoms with Gasteiger partial charge in [-0.15, -0.1) is 0 Å². The van der Waals surface area contributed by atoms with Crippen molar-refractivity contribution in [2.75, 3.05) is 12.4 Å². The molecule has 5 nitrogen and oxygen atoms in total. The van der Waals surface area contributed by atoms with Crippen molar-refractivity contribution in [2.24, 2.45) is 0 Å². The van der Waals surface area contributed by atoms with Gasteiger partial charge in [0.1, 0.15) is 11.5 Å². The standard InChI is InChI=1S/C28H36O5S2/c1-3-4-9-27(30)33-25-13-12-22-18-21(10-11-23(22)19-25)20(2)28(31)32-16-14-24(29)7-5-6-8-26-15-17-34-35-26/h10-13,18-20,26H,3-9,14-17H2,1-2H3/t20-,26?/m0/s1. The fourth-order valence-corrected chi connectivity index (χ4v) is 7.02. The van der Waals surface area contributed by atoms with E-state index >= 15 is 0 Å². The fourth-order valence-electron chi connectivity index (χ4n) is 3.99. The van der Waals surface area contributed by atoms with E-state index in [2.05, 4.69) is 0 Å². The van der Waals surface area contributed by atoms with E-state index in [0.29, 0.717) is 18.6 Å². The van der Waals surface area contributed by atoms with Crippen LogP contribution in [0.25, 0.3) is 10.8 Å². The van der Waals surface area contributed by atoms with Gasteiger partial charge in [-0.25, -0.2) is 0 Å². The predicted molar refractivity (Wildman–Crippen MR) is 145 cm³/mol. The highest BCUT2D eigenvalue weighted by Crippen LogP contribution is 2.39. The summed E-state index contributed by atoms with van der Waals surface area (Å²) in [4.78, 5) is 36.5. The molecule has 1 aliphatic heterocycles. The van der Waals surface area contributed by atoms with Crippen molar-refractivity contribution in [3.63, 3.8) is 0 Å². The molecule has 1 aliphatic rings. The Bertz CT molecular complexity index is 1000. The number of rotatable bonds is 14. The Balaban J connectivity index is 1.41. The first-order chi connectivity index (χ1) is 17.0. The molecule has 0 N–H and O–H groups in total. The molecule has 190 valence electrons. The van der Waals surface area contributed by atoms with Gasteiger partial charge in [-0.3, -0.25) is 14.4 Å². The second kappa shape index (κ2) is 14.5. The van der Waals surface area contributed by atoms with Gasteiger partial charge in [-0.2, -0.15) is 0 Å². The Labute approximate surface area is 216 Å². The van der Waals surface area contributed by atoms with E-state index in [1.165, 1.54) is 18.6 Å². The van der Waals surface area contributed by atoms with Crippen molar-refractivity contribution in [1.29, 1.82) is 0 Å². The molecule has 0 amide bonds. The van der Waals surface area contributed by atoms with Crippen molar-refractivity contribution >= 4 is 50.1 Å². The van der Waals surface area contributed by atoms with Crippen LogP contribution in [-0.4, -0.2) is 35.3 Å². The first-order valence-electron chi connectivity index (χ1n) is 12.7. The lowest BCUT2D eigenvalue weighted by atomic mass is 9.98.